The molecule has 0 aromatic rings. The van der Waals surface area contributed by atoms with Gasteiger partial charge in [-0.3, -0.25) is 0 Å². The summed E-state index contributed by atoms with van der Waals surface area (Å²) in [5.41, 5.74) is 4.54. The molecule has 0 bridgehead atoms. The lowest BCUT2D eigenvalue weighted by atomic mass is 9.93. The Bertz CT molecular complexity index is 385. The van der Waals surface area contributed by atoms with Crippen LogP contribution in [-0.2, 0) is 10.2 Å². The summed E-state index contributed by atoms with van der Waals surface area (Å²) in [6, 6.07) is 0.0196. The zero-order valence-electron chi connectivity index (χ0n) is 10.1. The van der Waals surface area contributed by atoms with Gasteiger partial charge in [0.05, 0.1) is 5.54 Å². The summed E-state index contributed by atoms with van der Waals surface area (Å²) >= 11 is 0. The Balaban J connectivity index is 2.85. The van der Waals surface area contributed by atoms with Gasteiger partial charge in [0.25, 0.3) is 10.2 Å². The van der Waals surface area contributed by atoms with E-state index in [0.29, 0.717) is 12.8 Å². The van der Waals surface area contributed by atoms with Crippen molar-refractivity contribution in [2.75, 3.05) is 0 Å². The van der Waals surface area contributed by atoms with Crippen molar-refractivity contribution in [2.45, 2.75) is 51.1 Å². The molecule has 1 rings (SSSR count). The molecule has 17 heavy (non-hydrogen) atoms. The monoisotopic (exact) mass is 264 g/mol. The van der Waals surface area contributed by atoms with Crippen molar-refractivity contribution in [1.82, 2.24) is 9.44 Å². The van der Waals surface area contributed by atoms with E-state index in [1.165, 1.54) is 0 Å². The largest absolute Gasteiger partial charge is 0.409 e. The summed E-state index contributed by atoms with van der Waals surface area (Å²) in [4.78, 5) is 0. The highest BCUT2D eigenvalue weighted by Crippen LogP contribution is 2.21. The van der Waals surface area contributed by atoms with Crippen molar-refractivity contribution in [3.05, 3.63) is 0 Å². The molecule has 1 saturated carbocycles. The molecule has 1 aliphatic carbocycles. The summed E-state index contributed by atoms with van der Waals surface area (Å²) in [5.74, 6) is -0.122. The van der Waals surface area contributed by atoms with E-state index in [2.05, 4.69) is 14.6 Å². The highest BCUT2D eigenvalue weighted by Gasteiger charge is 2.37. The van der Waals surface area contributed by atoms with Gasteiger partial charge in [0, 0.05) is 6.04 Å². The molecule has 0 saturated heterocycles. The average molecular weight is 264 g/mol. The number of nitrogens with two attached hydrogens (primary N) is 1. The van der Waals surface area contributed by atoms with Crippen molar-refractivity contribution < 1.29 is 13.6 Å². The van der Waals surface area contributed by atoms with Gasteiger partial charge in [0.1, 0.15) is 0 Å². The Morgan fingerprint density at radius 1 is 1.47 bits per heavy atom. The minimum Gasteiger partial charge on any atom is -0.409 e. The number of nitrogens with zero attached hydrogens (tertiary/aromatic N) is 1. The zero-order chi connectivity index (χ0) is 13.1. The Kier molecular flexibility index (Phi) is 4.34. The van der Waals surface area contributed by atoms with E-state index in [1.807, 2.05) is 0 Å². The number of rotatable bonds is 7. The normalized spacial score (nSPS) is 18.4. The molecule has 1 aliphatic rings. The topological polar surface area (TPSA) is 117 Å². The van der Waals surface area contributed by atoms with Gasteiger partial charge >= 0.3 is 0 Å². The maximum atomic E-state index is 11.8. The standard InChI is InChI=1S/C9H20N4O3S/c1-3-9(4-2,8(10)11-14)13-17(15,16)12-7-5-6-7/h7,12-14H,3-6H2,1-2H3,(H2,10,11). The first-order valence-corrected chi connectivity index (χ1v) is 7.16. The quantitative estimate of drug-likeness (QED) is 0.222. The SMILES string of the molecule is CCC(CC)(NS(=O)(=O)NC1CC1)C(N)=NO. The number of amidine groups is 1. The summed E-state index contributed by atoms with van der Waals surface area (Å²) < 4.78 is 28.6. The lowest BCUT2D eigenvalue weighted by molar-refractivity contribution is 0.307. The molecule has 0 amide bonds. The van der Waals surface area contributed by atoms with Crippen molar-refractivity contribution in [3.63, 3.8) is 0 Å². The second kappa shape index (κ2) is 5.19. The highest BCUT2D eigenvalue weighted by molar-refractivity contribution is 7.87. The third-order valence-electron chi connectivity index (χ3n) is 3.03. The average Bonchev–Trinajstić information content (AvgIpc) is 3.08. The summed E-state index contributed by atoms with van der Waals surface area (Å²) in [6.45, 7) is 3.56. The molecule has 0 aromatic heterocycles. The molecule has 0 spiro atoms. The van der Waals surface area contributed by atoms with Crippen LogP contribution in [0.1, 0.15) is 39.5 Å². The molecule has 5 N–H and O–H groups in total. The fourth-order valence-corrected chi connectivity index (χ4v) is 3.25. The second-order valence-electron chi connectivity index (χ2n) is 4.27. The minimum atomic E-state index is -3.63. The van der Waals surface area contributed by atoms with Gasteiger partial charge in [-0.05, 0) is 25.7 Å². The van der Waals surface area contributed by atoms with Crippen LogP contribution < -0.4 is 15.2 Å². The summed E-state index contributed by atoms with van der Waals surface area (Å²) in [7, 11) is -3.63. The van der Waals surface area contributed by atoms with Gasteiger partial charge in [-0.15, -0.1) is 0 Å². The Labute approximate surface area is 102 Å². The molecule has 100 valence electrons. The van der Waals surface area contributed by atoms with Crippen molar-refractivity contribution in [2.24, 2.45) is 10.9 Å². The van der Waals surface area contributed by atoms with Crippen LogP contribution in [0.25, 0.3) is 0 Å². The minimum absolute atomic E-state index is 0.0196. The van der Waals surface area contributed by atoms with Gasteiger partial charge < -0.3 is 10.9 Å². The van der Waals surface area contributed by atoms with E-state index in [0.717, 1.165) is 12.8 Å². The van der Waals surface area contributed by atoms with Crippen LogP contribution in [0.4, 0.5) is 0 Å². The van der Waals surface area contributed by atoms with Crippen LogP contribution in [-0.4, -0.2) is 31.0 Å². The van der Waals surface area contributed by atoms with E-state index in [1.54, 1.807) is 13.8 Å². The Hall–Kier alpha value is -0.860. The van der Waals surface area contributed by atoms with Gasteiger partial charge in [-0.2, -0.15) is 17.9 Å². The zero-order valence-corrected chi connectivity index (χ0v) is 10.9. The molecule has 0 atom stereocenters. The number of hydrogen-bond donors (Lipinski definition) is 4. The van der Waals surface area contributed by atoms with Crippen molar-refractivity contribution in [1.29, 1.82) is 0 Å². The lowest BCUT2D eigenvalue weighted by Crippen LogP contribution is -2.59. The van der Waals surface area contributed by atoms with Crippen LogP contribution in [0.3, 0.4) is 0 Å². The van der Waals surface area contributed by atoms with Gasteiger partial charge in [0.2, 0.25) is 0 Å². The predicted octanol–water partition coefficient (Wildman–Crippen LogP) is -0.122. The van der Waals surface area contributed by atoms with E-state index in [4.69, 9.17) is 10.9 Å². The van der Waals surface area contributed by atoms with E-state index in [9.17, 15) is 8.42 Å². The summed E-state index contributed by atoms with van der Waals surface area (Å²) in [5, 5.41) is 11.7. The van der Waals surface area contributed by atoms with Crippen LogP contribution in [0, 0.1) is 0 Å². The molecule has 1 fully saturated rings. The molecule has 0 aromatic carbocycles. The number of oxime groups is 1. The first-order valence-electron chi connectivity index (χ1n) is 5.68. The molecular formula is C9H20N4O3S. The molecule has 7 nitrogen and oxygen atoms in total. The molecule has 0 aliphatic heterocycles. The molecule has 0 radical (unpaired) electrons. The first kappa shape index (κ1) is 14.2. The molecule has 0 unspecified atom stereocenters. The molecular weight excluding hydrogens is 244 g/mol. The van der Waals surface area contributed by atoms with E-state index in [-0.39, 0.29) is 11.9 Å². The fraction of sp³-hybridized carbons (Fsp3) is 0.889. The van der Waals surface area contributed by atoms with Gasteiger partial charge in [-0.25, -0.2) is 0 Å². The number of nitrogens with one attached hydrogen (secondary N) is 2. The molecule has 0 heterocycles. The fourth-order valence-electron chi connectivity index (χ4n) is 1.61. The van der Waals surface area contributed by atoms with Crippen LogP contribution in [0.2, 0.25) is 0 Å². The summed E-state index contributed by atoms with van der Waals surface area (Å²) in [6.07, 6.45) is 2.53. The van der Waals surface area contributed by atoms with Gasteiger partial charge in [-0.1, -0.05) is 19.0 Å². The van der Waals surface area contributed by atoms with Gasteiger partial charge in [0.15, 0.2) is 5.84 Å². The third-order valence-corrected chi connectivity index (χ3v) is 4.34. The van der Waals surface area contributed by atoms with E-state index < -0.39 is 15.7 Å². The van der Waals surface area contributed by atoms with Crippen molar-refractivity contribution in [3.8, 4) is 0 Å². The maximum absolute atomic E-state index is 11.8. The predicted molar refractivity (Wildman–Crippen MR) is 64.9 cm³/mol. The Morgan fingerprint density at radius 3 is 2.35 bits per heavy atom. The second-order valence-corrected chi connectivity index (χ2v) is 5.72. The number of hydrogen-bond acceptors (Lipinski definition) is 4. The van der Waals surface area contributed by atoms with Crippen LogP contribution in [0.5, 0.6) is 0 Å². The lowest BCUT2D eigenvalue weighted by Gasteiger charge is -2.30. The van der Waals surface area contributed by atoms with Crippen LogP contribution >= 0.6 is 0 Å². The molecule has 8 heteroatoms. The smallest absolute Gasteiger partial charge is 0.278 e. The van der Waals surface area contributed by atoms with Crippen molar-refractivity contribution >= 4 is 16.0 Å². The Morgan fingerprint density at radius 2 is 2.00 bits per heavy atom. The van der Waals surface area contributed by atoms with E-state index >= 15 is 0 Å². The first-order chi connectivity index (χ1) is 7.89. The van der Waals surface area contributed by atoms with Crippen LogP contribution in [0.15, 0.2) is 5.16 Å². The highest BCUT2D eigenvalue weighted by atomic mass is 32.2. The third kappa shape index (κ3) is 3.55. The maximum Gasteiger partial charge on any atom is 0.278 e.